The summed E-state index contributed by atoms with van der Waals surface area (Å²) in [5, 5.41) is 27.1. The molecule has 5 aromatic rings. The summed E-state index contributed by atoms with van der Waals surface area (Å²) in [5.74, 6) is 0.425. The van der Waals surface area contributed by atoms with E-state index in [0.717, 1.165) is 16.7 Å². The van der Waals surface area contributed by atoms with E-state index in [4.69, 9.17) is 32.7 Å². The van der Waals surface area contributed by atoms with Gasteiger partial charge < -0.3 is 9.47 Å². The molecular formula is C28H22Cl2N8O8. The highest BCUT2D eigenvalue weighted by molar-refractivity contribution is 6.35. The van der Waals surface area contributed by atoms with Gasteiger partial charge in [-0.1, -0.05) is 29.3 Å². The monoisotopic (exact) mass is 668 g/mol. The number of methoxy groups -OCH3 is 1. The summed E-state index contributed by atoms with van der Waals surface area (Å²) in [6.45, 7) is 0.0444. The molecule has 3 aromatic carbocycles. The van der Waals surface area contributed by atoms with E-state index in [2.05, 4.69) is 15.5 Å². The Balaban J connectivity index is 1.49. The van der Waals surface area contributed by atoms with E-state index in [1.807, 2.05) is 0 Å². The Kier molecular flexibility index (Phi) is 8.75. The van der Waals surface area contributed by atoms with Crippen LogP contribution in [0.1, 0.15) is 11.1 Å². The molecule has 1 N–H and O–H groups in total. The van der Waals surface area contributed by atoms with Crippen LogP contribution in [0.2, 0.25) is 10.0 Å². The number of aromatic nitrogens is 4. The van der Waals surface area contributed by atoms with Crippen LogP contribution in [0.4, 0.5) is 17.1 Å². The molecule has 0 atom stereocenters. The molecule has 0 aliphatic rings. The average Bonchev–Trinajstić information content (AvgIpc) is 3.38. The zero-order valence-electron chi connectivity index (χ0n) is 24.1. The lowest BCUT2D eigenvalue weighted by Gasteiger charge is -2.13. The van der Waals surface area contributed by atoms with Crippen molar-refractivity contribution in [1.29, 1.82) is 0 Å². The maximum Gasteiger partial charge on any atom is 0.332 e. The summed E-state index contributed by atoms with van der Waals surface area (Å²) in [6, 6.07) is 12.7. The number of imidazole rings is 1. The molecule has 0 bridgehead atoms. The Morgan fingerprint density at radius 3 is 2.41 bits per heavy atom. The van der Waals surface area contributed by atoms with Crippen LogP contribution >= 0.6 is 23.2 Å². The van der Waals surface area contributed by atoms with E-state index < -0.39 is 32.5 Å². The number of fused-ring (bicyclic) bond motifs is 1. The summed E-state index contributed by atoms with van der Waals surface area (Å²) in [6.07, 6.45) is 1.34. The molecule has 0 saturated heterocycles. The summed E-state index contributed by atoms with van der Waals surface area (Å²) in [4.78, 5) is 51.2. The Morgan fingerprint density at radius 1 is 0.978 bits per heavy atom. The summed E-state index contributed by atoms with van der Waals surface area (Å²) in [7, 11) is 4.24. The van der Waals surface area contributed by atoms with Crippen molar-refractivity contribution in [2.45, 2.75) is 6.54 Å². The normalized spacial score (nSPS) is 11.2. The maximum atomic E-state index is 13.3. The van der Waals surface area contributed by atoms with Gasteiger partial charge in [0.25, 0.3) is 11.2 Å². The fourth-order valence-corrected chi connectivity index (χ4v) is 4.94. The van der Waals surface area contributed by atoms with Crippen LogP contribution in [-0.4, -0.2) is 41.9 Å². The highest BCUT2D eigenvalue weighted by Gasteiger charge is 2.23. The van der Waals surface area contributed by atoms with Gasteiger partial charge in [0.1, 0.15) is 5.69 Å². The van der Waals surface area contributed by atoms with Gasteiger partial charge in [-0.3, -0.25) is 44.2 Å². The van der Waals surface area contributed by atoms with Crippen LogP contribution in [0.15, 0.2) is 69.3 Å². The lowest BCUT2D eigenvalue weighted by atomic mass is 10.2. The minimum Gasteiger partial charge on any atom is -0.493 e. The molecule has 0 spiro atoms. The number of nitrogens with zero attached hydrogens (tertiary/aromatic N) is 7. The first kappa shape index (κ1) is 31.7. The van der Waals surface area contributed by atoms with Gasteiger partial charge in [0.2, 0.25) is 0 Å². The zero-order valence-corrected chi connectivity index (χ0v) is 25.6. The standard InChI is InChI=1S/C28H22Cl2N8O8/c1-34-25-24(26(39)35(2)28(34)40)36(14-16-5-6-17(29)11-19(16)30)27(32-25)46-22-9-4-15(10-23(22)45-3)13-31-33-20-8-7-18(37(41)42)12-21(20)38(43)44/h4-13,33H,14H2,1-3H3. The maximum absolute atomic E-state index is 13.3. The highest BCUT2D eigenvalue weighted by Crippen LogP contribution is 2.34. The van der Waals surface area contributed by atoms with Gasteiger partial charge in [0.15, 0.2) is 22.7 Å². The number of halogens is 2. The van der Waals surface area contributed by atoms with Crippen LogP contribution in [0.3, 0.4) is 0 Å². The Labute approximate surface area is 267 Å². The molecule has 2 aromatic heterocycles. The van der Waals surface area contributed by atoms with Crippen molar-refractivity contribution in [3.8, 4) is 17.5 Å². The van der Waals surface area contributed by atoms with Gasteiger partial charge in [-0.15, -0.1) is 0 Å². The van der Waals surface area contributed by atoms with Gasteiger partial charge in [-0.2, -0.15) is 10.1 Å². The lowest BCUT2D eigenvalue weighted by Crippen LogP contribution is -2.37. The number of hydrogen-bond acceptors (Lipinski definition) is 11. The second-order valence-electron chi connectivity index (χ2n) is 9.69. The molecule has 18 heteroatoms. The van der Waals surface area contributed by atoms with Crippen LogP contribution in [-0.2, 0) is 20.6 Å². The molecule has 46 heavy (non-hydrogen) atoms. The second kappa shape index (κ2) is 12.7. The van der Waals surface area contributed by atoms with E-state index in [9.17, 15) is 29.8 Å². The molecular weight excluding hydrogens is 647 g/mol. The van der Waals surface area contributed by atoms with Crippen molar-refractivity contribution in [1.82, 2.24) is 18.7 Å². The van der Waals surface area contributed by atoms with E-state index in [-0.39, 0.29) is 40.9 Å². The van der Waals surface area contributed by atoms with Gasteiger partial charge in [-0.05, 0) is 47.5 Å². The number of anilines is 1. The summed E-state index contributed by atoms with van der Waals surface area (Å²) in [5.41, 5.74) is 1.60. The molecule has 0 saturated carbocycles. The number of aryl methyl sites for hydroxylation is 1. The predicted molar refractivity (Wildman–Crippen MR) is 170 cm³/mol. The number of rotatable bonds is 10. The van der Waals surface area contributed by atoms with Crippen molar-refractivity contribution < 1.29 is 19.3 Å². The fraction of sp³-hybridized carbons (Fsp3) is 0.143. The van der Waals surface area contributed by atoms with E-state index >= 15 is 0 Å². The number of nitro benzene ring substituents is 2. The number of nitrogens with one attached hydrogen (secondary N) is 1. The van der Waals surface area contributed by atoms with Gasteiger partial charge in [0.05, 0.1) is 35.8 Å². The van der Waals surface area contributed by atoms with Gasteiger partial charge in [0, 0.05) is 30.2 Å². The number of ether oxygens (including phenoxy) is 2. The molecule has 2 heterocycles. The molecule has 16 nitrogen and oxygen atoms in total. The number of non-ortho nitro benzene ring substituents is 1. The zero-order chi connectivity index (χ0) is 33.3. The highest BCUT2D eigenvalue weighted by atomic mass is 35.5. The van der Waals surface area contributed by atoms with E-state index in [1.165, 1.54) is 42.6 Å². The molecule has 5 rings (SSSR count). The van der Waals surface area contributed by atoms with Gasteiger partial charge in [-0.25, -0.2) is 4.79 Å². The third-order valence-electron chi connectivity index (χ3n) is 6.83. The molecule has 0 fully saturated rings. The first-order valence-electron chi connectivity index (χ1n) is 13.1. The Morgan fingerprint density at radius 2 is 1.74 bits per heavy atom. The van der Waals surface area contributed by atoms with Crippen LogP contribution in [0, 0.1) is 20.2 Å². The van der Waals surface area contributed by atoms with Crippen molar-refractivity contribution in [3.05, 3.63) is 117 Å². The molecule has 0 amide bonds. The average molecular weight is 669 g/mol. The Bertz CT molecular complexity index is 2190. The number of hydrazone groups is 1. The first-order valence-corrected chi connectivity index (χ1v) is 13.8. The Hall–Kier alpha value is -5.74. The minimum atomic E-state index is -0.762. The van der Waals surface area contributed by atoms with Crippen LogP contribution in [0.25, 0.3) is 11.2 Å². The second-order valence-corrected chi connectivity index (χ2v) is 10.5. The SMILES string of the molecule is COc1cc(C=NNc2ccc([N+](=O)[O-])cc2[N+](=O)[O-])ccc1Oc1nc2c(c(=O)n(C)c(=O)n2C)n1Cc1ccc(Cl)cc1Cl. The van der Waals surface area contributed by atoms with Crippen molar-refractivity contribution in [3.63, 3.8) is 0 Å². The minimum absolute atomic E-state index is 0.0359. The van der Waals surface area contributed by atoms with Crippen molar-refractivity contribution in [2.24, 2.45) is 19.2 Å². The van der Waals surface area contributed by atoms with E-state index in [0.29, 0.717) is 21.2 Å². The smallest absolute Gasteiger partial charge is 0.332 e. The molecule has 0 aliphatic heterocycles. The van der Waals surface area contributed by atoms with Crippen LogP contribution in [0.5, 0.6) is 17.5 Å². The quantitative estimate of drug-likeness (QED) is 0.122. The van der Waals surface area contributed by atoms with Crippen molar-refractivity contribution in [2.75, 3.05) is 12.5 Å². The topological polar surface area (TPSA) is 191 Å². The van der Waals surface area contributed by atoms with Crippen LogP contribution < -0.4 is 26.1 Å². The number of hydrogen-bond donors (Lipinski definition) is 1. The third kappa shape index (κ3) is 6.11. The molecule has 0 unspecified atom stereocenters. The van der Waals surface area contributed by atoms with E-state index in [1.54, 1.807) is 36.4 Å². The number of benzene rings is 3. The fourth-order valence-electron chi connectivity index (χ4n) is 4.47. The largest absolute Gasteiger partial charge is 0.493 e. The lowest BCUT2D eigenvalue weighted by molar-refractivity contribution is -0.393. The molecule has 236 valence electrons. The predicted octanol–water partition coefficient (Wildman–Crippen LogP) is 4.85. The molecule has 0 radical (unpaired) electrons. The van der Waals surface area contributed by atoms with Crippen molar-refractivity contribution >= 4 is 57.6 Å². The first-order chi connectivity index (χ1) is 21.9. The molecule has 0 aliphatic carbocycles. The summed E-state index contributed by atoms with van der Waals surface area (Å²) >= 11 is 12.5. The number of nitro groups is 2. The third-order valence-corrected chi connectivity index (χ3v) is 7.42. The summed E-state index contributed by atoms with van der Waals surface area (Å²) < 4.78 is 15.3. The van der Waals surface area contributed by atoms with Gasteiger partial charge >= 0.3 is 17.4 Å².